The molecule has 0 N–H and O–H groups in total. The number of aromatic nitrogens is 2. The molecule has 0 unspecified atom stereocenters. The maximum absolute atomic E-state index is 14.9. The van der Waals surface area contributed by atoms with Crippen LogP contribution >= 0.6 is 0 Å². The van der Waals surface area contributed by atoms with E-state index in [1.807, 2.05) is 0 Å². The highest BCUT2D eigenvalue weighted by Gasteiger charge is 2.18. The summed E-state index contributed by atoms with van der Waals surface area (Å²) in [6.07, 6.45) is 3.08. The number of hydrogen-bond acceptors (Lipinski definition) is 4. The van der Waals surface area contributed by atoms with E-state index in [0.717, 1.165) is 0 Å². The van der Waals surface area contributed by atoms with Crippen molar-refractivity contribution in [3.8, 4) is 5.75 Å². The van der Waals surface area contributed by atoms with Crippen molar-refractivity contribution in [3.63, 3.8) is 0 Å². The van der Waals surface area contributed by atoms with Gasteiger partial charge in [-0.05, 0) is 48.0 Å². The number of carbonyl (C=O) groups is 1. The first-order valence-corrected chi connectivity index (χ1v) is 8.53. The van der Waals surface area contributed by atoms with Gasteiger partial charge in [-0.25, -0.2) is 8.78 Å². The maximum Gasteiger partial charge on any atom is 0.196 e. The number of hydrogen-bond donors (Lipinski definition) is 0. The highest BCUT2D eigenvalue weighted by Crippen LogP contribution is 2.24. The molecule has 3 aromatic carbocycles. The van der Waals surface area contributed by atoms with E-state index >= 15 is 0 Å². The van der Waals surface area contributed by atoms with Crippen LogP contribution in [0.2, 0.25) is 0 Å². The molecule has 0 aliphatic carbocycles. The molecular weight excluding hydrogens is 362 g/mol. The third-order valence-electron chi connectivity index (χ3n) is 4.22. The molecule has 4 rings (SSSR count). The van der Waals surface area contributed by atoms with Crippen molar-refractivity contribution in [1.82, 2.24) is 9.97 Å². The molecule has 4 nitrogen and oxygen atoms in total. The summed E-state index contributed by atoms with van der Waals surface area (Å²) in [5.41, 5.74) is 1.94. The van der Waals surface area contributed by atoms with Gasteiger partial charge in [-0.1, -0.05) is 18.2 Å². The van der Waals surface area contributed by atoms with E-state index in [1.165, 1.54) is 36.5 Å². The third kappa shape index (κ3) is 3.57. The Morgan fingerprint density at radius 1 is 0.893 bits per heavy atom. The Kier molecular flexibility index (Phi) is 4.76. The van der Waals surface area contributed by atoms with Crippen LogP contribution in [-0.4, -0.2) is 15.8 Å². The second-order valence-corrected chi connectivity index (χ2v) is 6.13. The summed E-state index contributed by atoms with van der Waals surface area (Å²) < 4.78 is 33.6. The summed E-state index contributed by atoms with van der Waals surface area (Å²) in [6.45, 7) is -0.0160. The molecule has 0 aliphatic heterocycles. The van der Waals surface area contributed by atoms with Crippen LogP contribution in [-0.2, 0) is 6.61 Å². The van der Waals surface area contributed by atoms with Crippen molar-refractivity contribution >= 4 is 16.8 Å². The van der Waals surface area contributed by atoms with E-state index in [4.69, 9.17) is 4.74 Å². The van der Waals surface area contributed by atoms with Gasteiger partial charge in [0.25, 0.3) is 0 Å². The molecule has 0 bridgehead atoms. The van der Waals surface area contributed by atoms with E-state index in [0.29, 0.717) is 22.2 Å². The van der Waals surface area contributed by atoms with E-state index < -0.39 is 17.4 Å². The van der Waals surface area contributed by atoms with Gasteiger partial charge in [0.1, 0.15) is 12.4 Å². The zero-order valence-electron chi connectivity index (χ0n) is 14.6. The molecule has 0 aliphatic rings. The minimum atomic E-state index is -0.761. The Balaban J connectivity index is 1.60. The summed E-state index contributed by atoms with van der Waals surface area (Å²) in [4.78, 5) is 21.1. The molecule has 0 saturated heterocycles. The number of halogens is 2. The van der Waals surface area contributed by atoms with Crippen LogP contribution in [0.1, 0.15) is 21.5 Å². The van der Waals surface area contributed by atoms with Crippen LogP contribution < -0.4 is 4.74 Å². The summed E-state index contributed by atoms with van der Waals surface area (Å²) in [5, 5.41) is 0. The molecule has 0 amide bonds. The smallest absolute Gasteiger partial charge is 0.196 e. The van der Waals surface area contributed by atoms with Gasteiger partial charge >= 0.3 is 0 Å². The number of rotatable bonds is 5. The number of benzene rings is 3. The molecular formula is C22H14F2N2O2. The van der Waals surface area contributed by atoms with Crippen molar-refractivity contribution < 1.29 is 18.3 Å². The molecule has 0 atom stereocenters. The van der Waals surface area contributed by atoms with Crippen molar-refractivity contribution in [3.05, 3.63) is 101 Å². The van der Waals surface area contributed by atoms with Crippen LogP contribution in [0.25, 0.3) is 11.0 Å². The molecule has 0 fully saturated rings. The van der Waals surface area contributed by atoms with Crippen molar-refractivity contribution in [2.75, 3.05) is 0 Å². The first-order chi connectivity index (χ1) is 13.6. The fraction of sp³-hybridized carbons (Fsp3) is 0.0455. The Hall–Kier alpha value is -3.67. The number of nitrogens with zero attached hydrogens (tertiary/aromatic N) is 2. The topological polar surface area (TPSA) is 52.1 Å². The molecule has 1 heterocycles. The number of fused-ring (bicyclic) bond motifs is 1. The second kappa shape index (κ2) is 7.52. The SMILES string of the molecule is O=C(c1ccc2nccnc2c1)c1cccc(OCc2cccc(F)c2)c1F. The van der Waals surface area contributed by atoms with E-state index in [2.05, 4.69) is 9.97 Å². The first kappa shape index (κ1) is 17.7. The maximum atomic E-state index is 14.9. The molecule has 4 aromatic rings. The predicted molar refractivity (Wildman–Crippen MR) is 100 cm³/mol. The normalized spacial score (nSPS) is 10.8. The van der Waals surface area contributed by atoms with Crippen LogP contribution in [0.5, 0.6) is 5.75 Å². The predicted octanol–water partition coefficient (Wildman–Crippen LogP) is 4.72. The fourth-order valence-corrected chi connectivity index (χ4v) is 2.85. The summed E-state index contributed by atoms with van der Waals surface area (Å²) in [5.74, 6) is -1.72. The number of carbonyl (C=O) groups excluding carboxylic acids is 1. The van der Waals surface area contributed by atoms with E-state index in [-0.39, 0.29) is 17.9 Å². The lowest BCUT2D eigenvalue weighted by Gasteiger charge is -2.10. The molecule has 1 aromatic heterocycles. The Bertz CT molecular complexity index is 1180. The Morgan fingerprint density at radius 2 is 1.68 bits per heavy atom. The minimum Gasteiger partial charge on any atom is -0.486 e. The Morgan fingerprint density at radius 3 is 2.50 bits per heavy atom. The molecule has 0 radical (unpaired) electrons. The second-order valence-electron chi connectivity index (χ2n) is 6.13. The van der Waals surface area contributed by atoms with Crippen molar-refractivity contribution in [2.24, 2.45) is 0 Å². The average molecular weight is 376 g/mol. The summed E-state index contributed by atoms with van der Waals surface area (Å²) in [7, 11) is 0. The van der Waals surface area contributed by atoms with Crippen LogP contribution in [0, 0.1) is 11.6 Å². The van der Waals surface area contributed by atoms with E-state index in [1.54, 1.807) is 36.5 Å². The highest BCUT2D eigenvalue weighted by atomic mass is 19.1. The number of ketones is 1. The number of ether oxygens (including phenoxy) is 1. The van der Waals surface area contributed by atoms with Gasteiger partial charge in [0.15, 0.2) is 17.3 Å². The largest absolute Gasteiger partial charge is 0.486 e. The van der Waals surface area contributed by atoms with Crippen LogP contribution in [0.3, 0.4) is 0 Å². The standard InChI is InChI=1S/C22H14F2N2O2/c23-16-4-1-3-14(11-16)13-28-20-6-2-5-17(21(20)24)22(27)15-7-8-18-19(12-15)26-10-9-25-18/h1-12H,13H2. The Labute approximate surface area is 159 Å². The molecule has 0 saturated carbocycles. The zero-order valence-corrected chi connectivity index (χ0v) is 14.6. The van der Waals surface area contributed by atoms with Crippen LogP contribution in [0.4, 0.5) is 8.78 Å². The van der Waals surface area contributed by atoms with Gasteiger partial charge in [-0.2, -0.15) is 0 Å². The minimum absolute atomic E-state index is 0.0160. The van der Waals surface area contributed by atoms with Gasteiger partial charge in [0.05, 0.1) is 16.6 Å². The monoisotopic (exact) mass is 376 g/mol. The lowest BCUT2D eigenvalue weighted by Crippen LogP contribution is -2.07. The fourth-order valence-electron chi connectivity index (χ4n) is 2.85. The quantitative estimate of drug-likeness (QED) is 0.473. The summed E-state index contributed by atoms with van der Waals surface area (Å²) in [6, 6.07) is 15.0. The van der Waals surface area contributed by atoms with Crippen molar-refractivity contribution in [1.29, 1.82) is 0 Å². The zero-order chi connectivity index (χ0) is 19.5. The molecule has 28 heavy (non-hydrogen) atoms. The van der Waals surface area contributed by atoms with E-state index in [9.17, 15) is 13.6 Å². The molecule has 0 spiro atoms. The lowest BCUT2D eigenvalue weighted by atomic mass is 10.0. The highest BCUT2D eigenvalue weighted by molar-refractivity contribution is 6.10. The average Bonchev–Trinajstić information content (AvgIpc) is 2.72. The van der Waals surface area contributed by atoms with Crippen LogP contribution in [0.15, 0.2) is 73.1 Å². The van der Waals surface area contributed by atoms with Gasteiger partial charge in [-0.15, -0.1) is 0 Å². The van der Waals surface area contributed by atoms with Crippen molar-refractivity contribution in [2.45, 2.75) is 6.61 Å². The molecule has 138 valence electrons. The lowest BCUT2D eigenvalue weighted by molar-refractivity contribution is 0.103. The van der Waals surface area contributed by atoms with Gasteiger partial charge in [0, 0.05) is 18.0 Å². The first-order valence-electron chi connectivity index (χ1n) is 8.53. The third-order valence-corrected chi connectivity index (χ3v) is 4.22. The molecule has 6 heteroatoms. The van der Waals surface area contributed by atoms with Gasteiger partial charge in [-0.3, -0.25) is 14.8 Å². The van der Waals surface area contributed by atoms with Gasteiger partial charge < -0.3 is 4.74 Å². The van der Waals surface area contributed by atoms with Gasteiger partial charge in [0.2, 0.25) is 0 Å². The summed E-state index contributed by atoms with van der Waals surface area (Å²) >= 11 is 0.